The Morgan fingerprint density at radius 3 is 2.38 bits per heavy atom. The molecule has 0 radical (unpaired) electrons. The van der Waals surface area contributed by atoms with Crippen LogP contribution in [0.5, 0.6) is 0 Å². The summed E-state index contributed by atoms with van der Waals surface area (Å²) in [5.74, 6) is 0. The van der Waals surface area contributed by atoms with Crippen LogP contribution in [0.15, 0.2) is 24.3 Å². The molecule has 72 valence electrons. The highest BCUT2D eigenvalue weighted by Crippen LogP contribution is 2.18. The van der Waals surface area contributed by atoms with E-state index in [0.29, 0.717) is 0 Å². The zero-order valence-electron chi connectivity index (χ0n) is 7.87. The molecule has 1 rings (SSSR count). The molecule has 13 heavy (non-hydrogen) atoms. The first-order valence-electron chi connectivity index (χ1n) is 4.24. The fourth-order valence-electron chi connectivity index (χ4n) is 1.05. The largest absolute Gasteiger partial charge is 0.394 e. The van der Waals surface area contributed by atoms with Crippen molar-refractivity contribution >= 4 is 17.3 Å². The number of anilines is 1. The molecule has 3 heteroatoms. The van der Waals surface area contributed by atoms with Gasteiger partial charge in [0.1, 0.15) is 0 Å². The van der Waals surface area contributed by atoms with E-state index in [0.717, 1.165) is 10.7 Å². The van der Waals surface area contributed by atoms with E-state index in [1.807, 2.05) is 43.1 Å². The van der Waals surface area contributed by atoms with Gasteiger partial charge < -0.3 is 10.0 Å². The Labute approximate surface area is 83.7 Å². The van der Waals surface area contributed by atoms with Crippen LogP contribution in [0.4, 0.5) is 5.69 Å². The summed E-state index contributed by atoms with van der Waals surface area (Å²) in [6.07, 6.45) is 0. The SMILES string of the molecule is CC(CO)N(C)c1ccc(Cl)cc1. The lowest BCUT2D eigenvalue weighted by molar-refractivity contribution is 0.270. The number of nitrogens with zero attached hydrogens (tertiary/aromatic N) is 1. The summed E-state index contributed by atoms with van der Waals surface area (Å²) >= 11 is 5.76. The number of halogens is 1. The van der Waals surface area contributed by atoms with Gasteiger partial charge in [-0.1, -0.05) is 11.6 Å². The molecule has 0 aliphatic heterocycles. The third kappa shape index (κ3) is 2.61. The monoisotopic (exact) mass is 199 g/mol. The van der Waals surface area contributed by atoms with Gasteiger partial charge in [-0.25, -0.2) is 0 Å². The molecule has 1 unspecified atom stereocenters. The van der Waals surface area contributed by atoms with E-state index in [9.17, 15) is 0 Å². The maximum Gasteiger partial charge on any atom is 0.0632 e. The third-order valence-corrected chi connectivity index (χ3v) is 2.41. The van der Waals surface area contributed by atoms with Gasteiger partial charge in [0.25, 0.3) is 0 Å². The zero-order chi connectivity index (χ0) is 9.84. The molecular weight excluding hydrogens is 186 g/mol. The van der Waals surface area contributed by atoms with E-state index in [1.165, 1.54) is 0 Å². The molecule has 1 aromatic rings. The summed E-state index contributed by atoms with van der Waals surface area (Å²) in [6.45, 7) is 2.12. The Bertz CT molecular complexity index is 260. The molecule has 0 aliphatic rings. The first-order chi connectivity index (χ1) is 6.15. The predicted molar refractivity (Wildman–Crippen MR) is 56.4 cm³/mol. The summed E-state index contributed by atoms with van der Waals surface area (Å²) in [5.41, 5.74) is 1.06. The van der Waals surface area contributed by atoms with Gasteiger partial charge in [0.15, 0.2) is 0 Å². The number of rotatable bonds is 3. The third-order valence-electron chi connectivity index (χ3n) is 2.16. The second-order valence-electron chi connectivity index (χ2n) is 3.12. The van der Waals surface area contributed by atoms with E-state index in [-0.39, 0.29) is 12.6 Å². The van der Waals surface area contributed by atoms with Gasteiger partial charge in [-0.2, -0.15) is 0 Å². The lowest BCUT2D eigenvalue weighted by atomic mass is 10.2. The van der Waals surface area contributed by atoms with E-state index in [4.69, 9.17) is 16.7 Å². The minimum absolute atomic E-state index is 0.126. The molecule has 0 fully saturated rings. The first-order valence-corrected chi connectivity index (χ1v) is 4.62. The van der Waals surface area contributed by atoms with Crippen LogP contribution in [0.1, 0.15) is 6.92 Å². The molecule has 1 N–H and O–H groups in total. The molecule has 1 aromatic carbocycles. The minimum atomic E-state index is 0.126. The molecule has 0 heterocycles. The summed E-state index contributed by atoms with van der Waals surface area (Å²) in [5, 5.41) is 9.68. The Morgan fingerprint density at radius 2 is 1.92 bits per heavy atom. The van der Waals surface area contributed by atoms with Gasteiger partial charge in [0.05, 0.1) is 6.61 Å². The van der Waals surface area contributed by atoms with Crippen molar-refractivity contribution in [3.63, 3.8) is 0 Å². The molecule has 0 aromatic heterocycles. The van der Waals surface area contributed by atoms with Crippen LogP contribution in [0.2, 0.25) is 5.02 Å². The van der Waals surface area contributed by atoms with Gasteiger partial charge in [-0.15, -0.1) is 0 Å². The molecule has 2 nitrogen and oxygen atoms in total. The van der Waals surface area contributed by atoms with Crippen molar-refractivity contribution in [2.75, 3.05) is 18.6 Å². The van der Waals surface area contributed by atoms with Crippen LogP contribution >= 0.6 is 11.6 Å². The molecular formula is C10H14ClNO. The minimum Gasteiger partial charge on any atom is -0.394 e. The quantitative estimate of drug-likeness (QED) is 0.807. The fraction of sp³-hybridized carbons (Fsp3) is 0.400. The van der Waals surface area contributed by atoms with Gasteiger partial charge in [0, 0.05) is 23.8 Å². The number of benzene rings is 1. The van der Waals surface area contributed by atoms with Gasteiger partial charge in [-0.3, -0.25) is 0 Å². The van der Waals surface area contributed by atoms with Crippen molar-refractivity contribution in [2.24, 2.45) is 0 Å². The molecule has 0 spiro atoms. The highest BCUT2D eigenvalue weighted by molar-refractivity contribution is 6.30. The zero-order valence-corrected chi connectivity index (χ0v) is 8.62. The smallest absolute Gasteiger partial charge is 0.0632 e. The van der Waals surface area contributed by atoms with Crippen molar-refractivity contribution in [3.05, 3.63) is 29.3 Å². The van der Waals surface area contributed by atoms with Crippen LogP contribution in [-0.4, -0.2) is 24.8 Å². The number of aliphatic hydroxyl groups is 1. The lowest BCUT2D eigenvalue weighted by Gasteiger charge is -2.25. The second-order valence-corrected chi connectivity index (χ2v) is 3.56. The van der Waals surface area contributed by atoms with Crippen LogP contribution in [0, 0.1) is 0 Å². The Balaban J connectivity index is 2.77. The van der Waals surface area contributed by atoms with E-state index in [1.54, 1.807) is 0 Å². The Hall–Kier alpha value is -0.730. The number of likely N-dealkylation sites (N-methyl/N-ethyl adjacent to an activating group) is 1. The average Bonchev–Trinajstić information content (AvgIpc) is 2.17. The first kappa shape index (κ1) is 10.4. The van der Waals surface area contributed by atoms with Crippen LogP contribution < -0.4 is 4.90 Å². The van der Waals surface area contributed by atoms with Crippen molar-refractivity contribution in [2.45, 2.75) is 13.0 Å². The van der Waals surface area contributed by atoms with Crippen molar-refractivity contribution in [3.8, 4) is 0 Å². The summed E-state index contributed by atoms with van der Waals surface area (Å²) in [7, 11) is 1.95. The average molecular weight is 200 g/mol. The van der Waals surface area contributed by atoms with Crippen molar-refractivity contribution < 1.29 is 5.11 Å². The van der Waals surface area contributed by atoms with Gasteiger partial charge >= 0.3 is 0 Å². The maximum absolute atomic E-state index is 8.95. The van der Waals surface area contributed by atoms with E-state index < -0.39 is 0 Å². The van der Waals surface area contributed by atoms with E-state index >= 15 is 0 Å². The van der Waals surface area contributed by atoms with Crippen molar-refractivity contribution in [1.29, 1.82) is 0 Å². The summed E-state index contributed by atoms with van der Waals surface area (Å²) in [4.78, 5) is 2.01. The maximum atomic E-state index is 8.95. The Morgan fingerprint density at radius 1 is 1.38 bits per heavy atom. The summed E-state index contributed by atoms with van der Waals surface area (Å²) in [6, 6.07) is 7.69. The summed E-state index contributed by atoms with van der Waals surface area (Å²) < 4.78 is 0. The van der Waals surface area contributed by atoms with Crippen LogP contribution in [-0.2, 0) is 0 Å². The molecule has 0 bridgehead atoms. The number of hydrogen-bond acceptors (Lipinski definition) is 2. The molecule has 0 amide bonds. The van der Waals surface area contributed by atoms with Gasteiger partial charge in [0.2, 0.25) is 0 Å². The molecule has 1 atom stereocenters. The topological polar surface area (TPSA) is 23.5 Å². The molecule has 0 saturated carbocycles. The number of hydrogen-bond donors (Lipinski definition) is 1. The highest BCUT2D eigenvalue weighted by atomic mass is 35.5. The van der Waals surface area contributed by atoms with Crippen LogP contribution in [0.25, 0.3) is 0 Å². The molecule has 0 aliphatic carbocycles. The van der Waals surface area contributed by atoms with E-state index in [2.05, 4.69) is 0 Å². The lowest BCUT2D eigenvalue weighted by Crippen LogP contribution is -2.31. The van der Waals surface area contributed by atoms with Crippen molar-refractivity contribution in [1.82, 2.24) is 0 Å². The van der Waals surface area contributed by atoms with Gasteiger partial charge in [-0.05, 0) is 31.2 Å². The highest BCUT2D eigenvalue weighted by Gasteiger charge is 2.07. The Kier molecular flexibility index (Phi) is 3.58. The predicted octanol–water partition coefficient (Wildman–Crippen LogP) is 2.16. The second kappa shape index (κ2) is 4.49. The number of aliphatic hydroxyl groups excluding tert-OH is 1. The van der Waals surface area contributed by atoms with Crippen LogP contribution in [0.3, 0.4) is 0 Å². The standard InChI is InChI=1S/C10H14ClNO/c1-8(7-13)12(2)10-5-3-9(11)4-6-10/h3-6,8,13H,7H2,1-2H3. The normalized spacial score (nSPS) is 12.6. The molecule has 0 saturated heterocycles. The fourth-order valence-corrected chi connectivity index (χ4v) is 1.18.